The van der Waals surface area contributed by atoms with E-state index in [1.807, 2.05) is 77.9 Å². The minimum atomic E-state index is -0.815. The second-order valence-electron chi connectivity index (χ2n) is 10.8. The summed E-state index contributed by atoms with van der Waals surface area (Å²) in [5.41, 5.74) is 5.12. The summed E-state index contributed by atoms with van der Waals surface area (Å²) in [4.78, 5) is 47.5. The maximum absolute atomic E-state index is 13.9. The van der Waals surface area contributed by atoms with Crippen molar-refractivity contribution in [3.8, 4) is 11.3 Å². The molecule has 41 heavy (non-hydrogen) atoms. The van der Waals surface area contributed by atoms with Gasteiger partial charge in [0.1, 0.15) is 12.1 Å². The lowest BCUT2D eigenvalue weighted by molar-refractivity contribution is -0.143. The zero-order chi connectivity index (χ0) is 29.8. The fourth-order valence-electron chi connectivity index (χ4n) is 5.67. The maximum atomic E-state index is 13.9. The van der Waals surface area contributed by atoms with E-state index in [0.717, 1.165) is 27.9 Å². The molecule has 2 aromatic carbocycles. The summed E-state index contributed by atoms with van der Waals surface area (Å²) in [5.74, 6) is -0.287. The standard InChI is InChI=1S/C30H34N4O5.C2H6/c1-17(2)26(34-14-22-7-5-6-8-24(22)29(34)37)30(38)33-15-23(35)12-25(33)28(36)31-13-21-10-9-20(11-18(21)3)27-19(4)32-16-39-27;1-2/h5-11,16-17,23,25-26,35H,12-15H2,1-4H3,(H,31,36);1-2H3. The Balaban J connectivity index is 0.00000189. The lowest BCUT2D eigenvalue weighted by atomic mass is 10.00. The molecule has 0 saturated carbocycles. The Hall–Kier alpha value is -3.98. The molecule has 2 N–H and O–H groups in total. The van der Waals surface area contributed by atoms with Gasteiger partial charge in [0.15, 0.2) is 12.2 Å². The molecule has 2 aliphatic heterocycles. The highest BCUT2D eigenvalue weighted by Crippen LogP contribution is 2.30. The monoisotopic (exact) mass is 560 g/mol. The molecule has 0 spiro atoms. The maximum Gasteiger partial charge on any atom is 0.255 e. The van der Waals surface area contributed by atoms with Crippen LogP contribution in [-0.4, -0.2) is 62.3 Å². The molecule has 0 aliphatic carbocycles. The van der Waals surface area contributed by atoms with Crippen molar-refractivity contribution in [1.82, 2.24) is 20.1 Å². The second kappa shape index (κ2) is 12.7. The predicted octanol–water partition coefficient (Wildman–Crippen LogP) is 4.24. The van der Waals surface area contributed by atoms with E-state index >= 15 is 0 Å². The Morgan fingerprint density at radius 1 is 1.15 bits per heavy atom. The van der Waals surface area contributed by atoms with Crippen LogP contribution in [0.2, 0.25) is 0 Å². The number of rotatable bonds is 7. The molecule has 1 aromatic heterocycles. The van der Waals surface area contributed by atoms with Crippen molar-refractivity contribution in [2.75, 3.05) is 6.54 Å². The average molecular weight is 561 g/mol. The zero-order valence-corrected chi connectivity index (χ0v) is 24.7. The van der Waals surface area contributed by atoms with Gasteiger partial charge >= 0.3 is 0 Å². The van der Waals surface area contributed by atoms with Gasteiger partial charge in [-0.25, -0.2) is 4.98 Å². The van der Waals surface area contributed by atoms with Crippen LogP contribution in [0.5, 0.6) is 0 Å². The van der Waals surface area contributed by atoms with Crippen LogP contribution in [0.1, 0.15) is 66.9 Å². The number of aliphatic hydroxyl groups excluding tert-OH is 1. The van der Waals surface area contributed by atoms with Crippen LogP contribution < -0.4 is 5.32 Å². The first-order chi connectivity index (χ1) is 19.7. The van der Waals surface area contributed by atoms with E-state index in [9.17, 15) is 19.5 Å². The number of oxazole rings is 1. The minimum absolute atomic E-state index is 0.0549. The van der Waals surface area contributed by atoms with Gasteiger partial charge in [-0.15, -0.1) is 0 Å². The number of likely N-dealkylation sites (tertiary alicyclic amines) is 1. The summed E-state index contributed by atoms with van der Waals surface area (Å²) in [6.07, 6.45) is 0.758. The number of amides is 3. The number of β-amino-alcohol motifs (C(OH)–C–C–N with tert-alkyl or cyclic N) is 1. The van der Waals surface area contributed by atoms with E-state index < -0.39 is 18.2 Å². The molecule has 3 aromatic rings. The smallest absolute Gasteiger partial charge is 0.255 e. The highest BCUT2D eigenvalue weighted by molar-refractivity contribution is 6.01. The SMILES string of the molecule is CC.Cc1cc(-c2ocnc2C)ccc1CNC(=O)C1CC(O)CN1C(=O)C(C(C)C)N1Cc2ccccc2C1=O. The molecule has 9 nitrogen and oxygen atoms in total. The molecule has 3 unspecified atom stereocenters. The van der Waals surface area contributed by atoms with Crippen molar-refractivity contribution in [3.05, 3.63) is 76.8 Å². The van der Waals surface area contributed by atoms with Gasteiger partial charge in [0.05, 0.1) is 11.8 Å². The highest BCUT2D eigenvalue weighted by atomic mass is 16.3. The Kier molecular flexibility index (Phi) is 9.28. The molecule has 9 heteroatoms. The number of aliphatic hydroxyl groups is 1. The van der Waals surface area contributed by atoms with E-state index in [1.54, 1.807) is 11.0 Å². The summed E-state index contributed by atoms with van der Waals surface area (Å²) < 4.78 is 5.49. The number of carbonyl (C=O) groups is 3. The first-order valence-corrected chi connectivity index (χ1v) is 14.3. The molecule has 1 saturated heterocycles. The molecular weight excluding hydrogens is 520 g/mol. The number of hydrogen-bond acceptors (Lipinski definition) is 6. The van der Waals surface area contributed by atoms with Crippen LogP contribution in [0.3, 0.4) is 0 Å². The van der Waals surface area contributed by atoms with Gasteiger partial charge in [-0.2, -0.15) is 0 Å². The fraction of sp³-hybridized carbons (Fsp3) is 0.438. The zero-order valence-electron chi connectivity index (χ0n) is 24.7. The normalized spacial score (nSPS) is 18.7. The molecule has 2 aliphatic rings. The van der Waals surface area contributed by atoms with E-state index in [0.29, 0.717) is 17.9 Å². The van der Waals surface area contributed by atoms with Crippen LogP contribution in [0.25, 0.3) is 11.3 Å². The summed E-state index contributed by atoms with van der Waals surface area (Å²) in [5, 5.41) is 13.4. The van der Waals surface area contributed by atoms with E-state index in [1.165, 1.54) is 11.3 Å². The molecule has 3 amide bonds. The summed E-state index contributed by atoms with van der Waals surface area (Å²) in [7, 11) is 0. The molecule has 3 atom stereocenters. The summed E-state index contributed by atoms with van der Waals surface area (Å²) in [6.45, 7) is 12.3. The lowest BCUT2D eigenvalue weighted by Crippen LogP contribution is -2.55. The third-order valence-electron chi connectivity index (χ3n) is 7.74. The van der Waals surface area contributed by atoms with Gasteiger partial charge in [0, 0.05) is 37.2 Å². The van der Waals surface area contributed by atoms with Gasteiger partial charge < -0.3 is 24.6 Å². The van der Waals surface area contributed by atoms with Crippen molar-refractivity contribution < 1.29 is 23.9 Å². The molecular formula is C32H40N4O5. The molecule has 0 radical (unpaired) electrons. The predicted molar refractivity (Wildman–Crippen MR) is 156 cm³/mol. The molecule has 1 fully saturated rings. The van der Waals surface area contributed by atoms with E-state index in [-0.39, 0.29) is 43.1 Å². The van der Waals surface area contributed by atoms with Gasteiger partial charge in [-0.05, 0) is 48.6 Å². The minimum Gasteiger partial charge on any atom is -0.443 e. The van der Waals surface area contributed by atoms with Crippen molar-refractivity contribution in [1.29, 1.82) is 0 Å². The van der Waals surface area contributed by atoms with Crippen molar-refractivity contribution >= 4 is 17.7 Å². The number of aromatic nitrogens is 1. The Bertz CT molecular complexity index is 1410. The van der Waals surface area contributed by atoms with E-state index in [2.05, 4.69) is 10.3 Å². The van der Waals surface area contributed by atoms with Crippen molar-refractivity contribution in [2.45, 2.75) is 79.2 Å². The topological polar surface area (TPSA) is 116 Å². The number of nitrogens with one attached hydrogen (secondary N) is 1. The number of carbonyl (C=O) groups excluding carboxylic acids is 3. The first kappa shape index (κ1) is 30.0. The first-order valence-electron chi connectivity index (χ1n) is 14.3. The molecule has 218 valence electrons. The second-order valence-corrected chi connectivity index (χ2v) is 10.8. The van der Waals surface area contributed by atoms with Crippen LogP contribution in [0, 0.1) is 19.8 Å². The third kappa shape index (κ3) is 6.05. The number of fused-ring (bicyclic) bond motifs is 1. The largest absolute Gasteiger partial charge is 0.443 e. The Morgan fingerprint density at radius 3 is 2.51 bits per heavy atom. The summed E-state index contributed by atoms with van der Waals surface area (Å²) >= 11 is 0. The van der Waals surface area contributed by atoms with Gasteiger partial charge in [0.25, 0.3) is 5.91 Å². The molecule has 3 heterocycles. The van der Waals surface area contributed by atoms with Crippen molar-refractivity contribution in [3.63, 3.8) is 0 Å². The van der Waals surface area contributed by atoms with E-state index in [4.69, 9.17) is 4.42 Å². The lowest BCUT2D eigenvalue weighted by Gasteiger charge is -2.35. The quantitative estimate of drug-likeness (QED) is 0.447. The molecule has 0 bridgehead atoms. The number of aryl methyl sites for hydroxylation is 2. The average Bonchev–Trinajstić information content (AvgIpc) is 3.66. The summed E-state index contributed by atoms with van der Waals surface area (Å²) in [6, 6.07) is 11.7. The third-order valence-corrected chi connectivity index (χ3v) is 7.74. The van der Waals surface area contributed by atoms with Crippen LogP contribution in [0.15, 0.2) is 53.3 Å². The van der Waals surface area contributed by atoms with Gasteiger partial charge in [0.2, 0.25) is 11.8 Å². The van der Waals surface area contributed by atoms with Crippen LogP contribution >= 0.6 is 0 Å². The van der Waals surface area contributed by atoms with Crippen LogP contribution in [-0.2, 0) is 22.7 Å². The Morgan fingerprint density at radius 2 is 1.88 bits per heavy atom. The fourth-order valence-corrected chi connectivity index (χ4v) is 5.67. The van der Waals surface area contributed by atoms with Crippen molar-refractivity contribution in [2.24, 2.45) is 5.92 Å². The highest BCUT2D eigenvalue weighted by Gasteiger charge is 2.45. The number of benzene rings is 2. The number of nitrogens with zero attached hydrogens (tertiary/aromatic N) is 3. The van der Waals surface area contributed by atoms with Crippen LogP contribution in [0.4, 0.5) is 0 Å². The number of hydrogen-bond donors (Lipinski definition) is 2. The molecule has 5 rings (SSSR count). The van der Waals surface area contributed by atoms with Gasteiger partial charge in [-0.3, -0.25) is 14.4 Å². The Labute approximate surface area is 241 Å². The van der Waals surface area contributed by atoms with Gasteiger partial charge in [-0.1, -0.05) is 58.0 Å².